The summed E-state index contributed by atoms with van der Waals surface area (Å²) in [5.74, 6) is 2.03. The molecule has 1 fully saturated rings. The van der Waals surface area contributed by atoms with Crippen LogP contribution in [0.4, 0.5) is 0 Å². The molecule has 1 rings (SSSR count). The van der Waals surface area contributed by atoms with Gasteiger partial charge in [-0.25, -0.2) is 0 Å². The van der Waals surface area contributed by atoms with Gasteiger partial charge in [0.05, 0.1) is 5.82 Å². The third-order valence-corrected chi connectivity index (χ3v) is 4.64. The lowest BCUT2D eigenvalue weighted by Gasteiger charge is -2.20. The van der Waals surface area contributed by atoms with E-state index in [9.17, 15) is 4.57 Å². The maximum atomic E-state index is 11.8. The van der Waals surface area contributed by atoms with Crippen molar-refractivity contribution in [3.8, 4) is 0 Å². The Morgan fingerprint density at radius 3 is 2.31 bits per heavy atom. The Morgan fingerprint density at radius 1 is 1.25 bits per heavy atom. The number of rotatable bonds is 4. The zero-order chi connectivity index (χ0) is 12.0. The molecule has 0 saturated heterocycles. The molecule has 0 heterocycles. The van der Waals surface area contributed by atoms with Crippen molar-refractivity contribution in [2.75, 3.05) is 14.2 Å². The van der Waals surface area contributed by atoms with Gasteiger partial charge in [0.15, 0.2) is 0 Å². The van der Waals surface area contributed by atoms with Gasteiger partial charge in [0.25, 0.3) is 0 Å². The summed E-state index contributed by atoms with van der Waals surface area (Å²) in [6.07, 6.45) is 6.35. The minimum absolute atomic E-state index is 0.590. The Balaban J connectivity index is 2.74. The zero-order valence-electron chi connectivity index (χ0n) is 10.4. The largest absolute Gasteiger partial charge is 0.361 e. The van der Waals surface area contributed by atoms with E-state index in [1.165, 1.54) is 52.1 Å². The maximum Gasteiger partial charge on any atom is 0.361 e. The van der Waals surface area contributed by atoms with E-state index in [4.69, 9.17) is 9.05 Å². The first-order valence-corrected chi connectivity index (χ1v) is 7.38. The van der Waals surface area contributed by atoms with Crippen LogP contribution in [0.2, 0.25) is 0 Å². The van der Waals surface area contributed by atoms with Crippen LogP contribution >= 0.6 is 7.60 Å². The van der Waals surface area contributed by atoms with Crippen LogP contribution in [0.15, 0.2) is 17.1 Å². The predicted octanol–water partition coefficient (Wildman–Crippen LogP) is 4.11. The second-order valence-electron chi connectivity index (χ2n) is 4.20. The average Bonchev–Trinajstić information content (AvgIpc) is 2.36. The van der Waals surface area contributed by atoms with Crippen LogP contribution in [-0.2, 0) is 13.6 Å². The Bertz CT molecular complexity index is 315. The van der Waals surface area contributed by atoms with Gasteiger partial charge in [0, 0.05) is 14.2 Å². The molecule has 4 heteroatoms. The van der Waals surface area contributed by atoms with Gasteiger partial charge in [-0.3, -0.25) is 4.57 Å². The molecule has 1 aliphatic carbocycles. The summed E-state index contributed by atoms with van der Waals surface area (Å²) in [5, 5.41) is 0. The molecule has 0 atom stereocenters. The van der Waals surface area contributed by atoms with Gasteiger partial charge < -0.3 is 9.05 Å². The van der Waals surface area contributed by atoms with Crippen molar-refractivity contribution >= 4 is 7.60 Å². The van der Waals surface area contributed by atoms with Gasteiger partial charge >= 0.3 is 7.60 Å². The lowest BCUT2D eigenvalue weighted by Crippen LogP contribution is -2.06. The Kier molecular flexibility index (Phi) is 5.51. The van der Waals surface area contributed by atoms with Gasteiger partial charge in [-0.1, -0.05) is 19.3 Å². The van der Waals surface area contributed by atoms with Crippen LogP contribution in [0.3, 0.4) is 0 Å². The minimum atomic E-state index is -3.04. The van der Waals surface area contributed by atoms with E-state index in [2.05, 4.69) is 5.73 Å². The maximum absolute atomic E-state index is 11.8. The molecule has 0 aliphatic heterocycles. The highest BCUT2D eigenvalue weighted by Crippen LogP contribution is 2.47. The fraction of sp³-hybridized carbons (Fsp3) is 0.750. The standard InChI is InChI=1S/C12H21O3P/c1-11(12-7-5-4-6-8-12)9-10-16(13,14-2)15-3/h10,12H,4-8H2,1-3H3. The van der Waals surface area contributed by atoms with Crippen molar-refractivity contribution in [1.29, 1.82) is 0 Å². The SMILES string of the molecule is COP(=O)(C=C=C(C)C1CCCCC1)OC. The highest BCUT2D eigenvalue weighted by molar-refractivity contribution is 7.57. The number of hydrogen-bond donors (Lipinski definition) is 0. The molecule has 0 aromatic rings. The van der Waals surface area contributed by atoms with Crippen molar-refractivity contribution in [2.24, 2.45) is 5.92 Å². The first-order chi connectivity index (χ1) is 7.61. The lowest BCUT2D eigenvalue weighted by molar-refractivity contribution is 0.286. The van der Waals surface area contributed by atoms with Gasteiger partial charge in [-0.2, -0.15) is 0 Å². The number of allylic oxidation sites excluding steroid dienone is 1. The van der Waals surface area contributed by atoms with Crippen molar-refractivity contribution in [3.63, 3.8) is 0 Å². The second-order valence-corrected chi connectivity index (χ2v) is 6.26. The third-order valence-electron chi connectivity index (χ3n) is 3.18. The van der Waals surface area contributed by atoms with Crippen molar-refractivity contribution in [1.82, 2.24) is 0 Å². The summed E-state index contributed by atoms with van der Waals surface area (Å²) in [7, 11) is -0.268. The summed E-state index contributed by atoms with van der Waals surface area (Å²) in [5.41, 5.74) is 4.23. The van der Waals surface area contributed by atoms with Crippen molar-refractivity contribution in [2.45, 2.75) is 39.0 Å². The van der Waals surface area contributed by atoms with E-state index in [1.807, 2.05) is 6.92 Å². The Labute approximate surface area is 98.1 Å². The van der Waals surface area contributed by atoms with Crippen LogP contribution in [0, 0.1) is 5.92 Å². The van der Waals surface area contributed by atoms with E-state index in [0.717, 1.165) is 5.57 Å². The molecule has 0 bridgehead atoms. The lowest BCUT2D eigenvalue weighted by atomic mass is 9.85. The van der Waals surface area contributed by atoms with Gasteiger partial charge in [-0.15, -0.1) is 5.73 Å². The molecular formula is C12H21O3P. The first kappa shape index (κ1) is 13.7. The average molecular weight is 244 g/mol. The molecule has 1 saturated carbocycles. The smallest absolute Gasteiger partial charge is 0.309 e. The molecule has 0 N–H and O–H groups in total. The monoisotopic (exact) mass is 244 g/mol. The van der Waals surface area contributed by atoms with Crippen LogP contribution < -0.4 is 0 Å². The van der Waals surface area contributed by atoms with E-state index in [0.29, 0.717) is 5.92 Å². The Morgan fingerprint density at radius 2 is 1.81 bits per heavy atom. The summed E-state index contributed by atoms with van der Waals surface area (Å²) >= 11 is 0. The van der Waals surface area contributed by atoms with E-state index < -0.39 is 7.60 Å². The van der Waals surface area contributed by atoms with E-state index in [1.54, 1.807) is 0 Å². The van der Waals surface area contributed by atoms with Gasteiger partial charge in [0.2, 0.25) is 0 Å². The molecule has 0 spiro atoms. The molecule has 92 valence electrons. The van der Waals surface area contributed by atoms with Crippen molar-refractivity contribution < 1.29 is 13.6 Å². The third kappa shape index (κ3) is 3.92. The molecule has 1 aliphatic rings. The second kappa shape index (κ2) is 6.42. The summed E-state index contributed by atoms with van der Waals surface area (Å²) < 4.78 is 21.4. The fourth-order valence-electron chi connectivity index (χ4n) is 2.01. The minimum Gasteiger partial charge on any atom is -0.309 e. The molecule has 0 radical (unpaired) electrons. The zero-order valence-corrected chi connectivity index (χ0v) is 11.3. The van der Waals surface area contributed by atoms with E-state index >= 15 is 0 Å². The van der Waals surface area contributed by atoms with Gasteiger partial charge in [-0.05, 0) is 31.3 Å². The summed E-state index contributed by atoms with van der Waals surface area (Å²) in [4.78, 5) is 0. The molecule has 0 aromatic heterocycles. The highest BCUT2D eigenvalue weighted by Gasteiger charge is 2.17. The summed E-state index contributed by atoms with van der Waals surface area (Å²) in [6, 6.07) is 0. The molecule has 16 heavy (non-hydrogen) atoms. The number of hydrogen-bond acceptors (Lipinski definition) is 3. The quantitative estimate of drug-likeness (QED) is 0.551. The first-order valence-electron chi connectivity index (χ1n) is 5.77. The molecule has 0 aromatic carbocycles. The van der Waals surface area contributed by atoms with E-state index in [-0.39, 0.29) is 0 Å². The highest BCUT2D eigenvalue weighted by atomic mass is 31.2. The molecule has 3 nitrogen and oxygen atoms in total. The van der Waals surface area contributed by atoms with Crippen LogP contribution in [0.1, 0.15) is 39.0 Å². The summed E-state index contributed by atoms with van der Waals surface area (Å²) in [6.45, 7) is 2.04. The Hall–Kier alpha value is -0.330. The van der Waals surface area contributed by atoms with Gasteiger partial charge in [0.1, 0.15) is 0 Å². The molecular weight excluding hydrogens is 223 g/mol. The van der Waals surface area contributed by atoms with Crippen LogP contribution in [-0.4, -0.2) is 14.2 Å². The van der Waals surface area contributed by atoms with Crippen LogP contribution in [0.5, 0.6) is 0 Å². The fourth-order valence-corrected chi connectivity index (χ4v) is 2.74. The van der Waals surface area contributed by atoms with Crippen LogP contribution in [0.25, 0.3) is 0 Å². The topological polar surface area (TPSA) is 35.5 Å². The molecule has 0 amide bonds. The van der Waals surface area contributed by atoms with Crippen molar-refractivity contribution in [3.05, 3.63) is 17.1 Å². The normalized spacial score (nSPS) is 17.9. The molecule has 0 unspecified atom stereocenters. The predicted molar refractivity (Wildman–Crippen MR) is 65.5 cm³/mol.